The number of anilines is 1. The van der Waals surface area contributed by atoms with Crippen LogP contribution >= 0.6 is 11.6 Å². The Hall–Kier alpha value is -2.20. The SMILES string of the molecule is CCn1c(-c2ccc(OC)cc2N)nc2ccc(Cl)cc21. The number of nitrogens with zero attached hydrogens (tertiary/aromatic N) is 2. The molecule has 0 aliphatic rings. The Morgan fingerprint density at radius 2 is 2.05 bits per heavy atom. The lowest BCUT2D eigenvalue weighted by Gasteiger charge is -2.10. The first-order valence-electron chi connectivity index (χ1n) is 6.73. The number of methoxy groups -OCH3 is 1. The van der Waals surface area contributed by atoms with E-state index in [0.29, 0.717) is 10.7 Å². The van der Waals surface area contributed by atoms with Crippen molar-refractivity contribution in [2.24, 2.45) is 0 Å². The maximum absolute atomic E-state index is 6.14. The van der Waals surface area contributed by atoms with Crippen molar-refractivity contribution in [1.29, 1.82) is 0 Å². The number of hydrogen-bond acceptors (Lipinski definition) is 3. The Kier molecular flexibility index (Phi) is 3.47. The molecule has 0 bridgehead atoms. The molecule has 0 aliphatic heterocycles. The molecule has 1 aromatic heterocycles. The zero-order valence-corrected chi connectivity index (χ0v) is 12.7. The fourth-order valence-corrected chi connectivity index (χ4v) is 2.66. The molecule has 3 rings (SSSR count). The highest BCUT2D eigenvalue weighted by atomic mass is 35.5. The van der Waals surface area contributed by atoms with Gasteiger partial charge in [0.15, 0.2) is 0 Å². The molecule has 0 aliphatic carbocycles. The van der Waals surface area contributed by atoms with Gasteiger partial charge in [-0.05, 0) is 37.3 Å². The molecule has 0 fully saturated rings. The highest BCUT2D eigenvalue weighted by Gasteiger charge is 2.14. The van der Waals surface area contributed by atoms with Crippen LogP contribution in [0.2, 0.25) is 5.02 Å². The van der Waals surface area contributed by atoms with Gasteiger partial charge < -0.3 is 15.0 Å². The molecule has 2 N–H and O–H groups in total. The summed E-state index contributed by atoms with van der Waals surface area (Å²) in [7, 11) is 1.62. The Morgan fingerprint density at radius 1 is 1.24 bits per heavy atom. The van der Waals surface area contributed by atoms with E-state index in [2.05, 4.69) is 11.5 Å². The molecule has 5 heteroatoms. The summed E-state index contributed by atoms with van der Waals surface area (Å²) in [5, 5.41) is 0.700. The summed E-state index contributed by atoms with van der Waals surface area (Å²) < 4.78 is 7.30. The van der Waals surface area contributed by atoms with E-state index in [4.69, 9.17) is 27.1 Å². The Morgan fingerprint density at radius 3 is 2.71 bits per heavy atom. The van der Waals surface area contributed by atoms with Crippen LogP contribution in [0.25, 0.3) is 22.4 Å². The Labute approximate surface area is 128 Å². The third-order valence-corrected chi connectivity index (χ3v) is 3.76. The maximum Gasteiger partial charge on any atom is 0.143 e. The first-order valence-corrected chi connectivity index (χ1v) is 7.11. The minimum absolute atomic E-state index is 0.644. The van der Waals surface area contributed by atoms with Crippen molar-refractivity contribution in [2.45, 2.75) is 13.5 Å². The number of imidazole rings is 1. The second kappa shape index (κ2) is 5.30. The molecule has 2 aromatic carbocycles. The average Bonchev–Trinajstić information content (AvgIpc) is 2.84. The van der Waals surface area contributed by atoms with Gasteiger partial charge in [0.25, 0.3) is 0 Å². The third-order valence-electron chi connectivity index (χ3n) is 3.53. The topological polar surface area (TPSA) is 53.1 Å². The van der Waals surface area contributed by atoms with Gasteiger partial charge in [-0.2, -0.15) is 0 Å². The number of aryl methyl sites for hydroxylation is 1. The highest BCUT2D eigenvalue weighted by Crippen LogP contribution is 2.32. The van der Waals surface area contributed by atoms with Gasteiger partial charge in [0.05, 0.1) is 18.1 Å². The normalized spacial score (nSPS) is 11.0. The monoisotopic (exact) mass is 301 g/mol. The predicted molar refractivity (Wildman–Crippen MR) is 86.8 cm³/mol. The summed E-state index contributed by atoms with van der Waals surface area (Å²) >= 11 is 6.09. The van der Waals surface area contributed by atoms with Gasteiger partial charge in [-0.15, -0.1) is 0 Å². The molecule has 0 spiro atoms. The van der Waals surface area contributed by atoms with Crippen LogP contribution in [0, 0.1) is 0 Å². The average molecular weight is 302 g/mol. The van der Waals surface area contributed by atoms with E-state index >= 15 is 0 Å². The summed E-state index contributed by atoms with van der Waals surface area (Å²) in [5.41, 5.74) is 9.60. The summed E-state index contributed by atoms with van der Waals surface area (Å²) in [6.07, 6.45) is 0. The quantitative estimate of drug-likeness (QED) is 0.745. The molecule has 0 unspecified atom stereocenters. The molecule has 0 amide bonds. The first kappa shape index (κ1) is 13.8. The molecule has 21 heavy (non-hydrogen) atoms. The van der Waals surface area contributed by atoms with Crippen LogP contribution in [0.15, 0.2) is 36.4 Å². The zero-order chi connectivity index (χ0) is 15.0. The Bertz CT molecular complexity index is 811. The van der Waals surface area contributed by atoms with E-state index in [-0.39, 0.29) is 0 Å². The molecule has 0 radical (unpaired) electrons. The lowest BCUT2D eigenvalue weighted by Crippen LogP contribution is -2.00. The van der Waals surface area contributed by atoms with E-state index in [1.165, 1.54) is 0 Å². The van der Waals surface area contributed by atoms with Crippen molar-refractivity contribution in [1.82, 2.24) is 9.55 Å². The summed E-state index contributed by atoms with van der Waals surface area (Å²) in [4.78, 5) is 4.69. The van der Waals surface area contributed by atoms with Crippen molar-refractivity contribution in [3.8, 4) is 17.1 Å². The van der Waals surface area contributed by atoms with Gasteiger partial charge in [-0.25, -0.2) is 4.98 Å². The van der Waals surface area contributed by atoms with Crippen molar-refractivity contribution < 1.29 is 4.74 Å². The Balaban J connectivity index is 2.24. The van der Waals surface area contributed by atoms with E-state index in [1.807, 2.05) is 36.4 Å². The van der Waals surface area contributed by atoms with Crippen molar-refractivity contribution in [3.05, 3.63) is 41.4 Å². The molecule has 3 aromatic rings. The van der Waals surface area contributed by atoms with Crippen LogP contribution in [-0.2, 0) is 6.54 Å². The number of hydrogen-bond donors (Lipinski definition) is 1. The van der Waals surface area contributed by atoms with Gasteiger partial charge in [-0.3, -0.25) is 0 Å². The van der Waals surface area contributed by atoms with E-state index in [9.17, 15) is 0 Å². The molecule has 1 heterocycles. The van der Waals surface area contributed by atoms with Crippen LogP contribution < -0.4 is 10.5 Å². The number of aromatic nitrogens is 2. The maximum atomic E-state index is 6.14. The standard InChI is InChI=1S/C16H16ClN3O/c1-3-20-15-8-10(17)4-7-14(15)19-16(20)12-6-5-11(21-2)9-13(12)18/h4-9H,3,18H2,1-2H3. The van der Waals surface area contributed by atoms with Gasteiger partial charge in [0, 0.05) is 28.9 Å². The molecular formula is C16H16ClN3O. The van der Waals surface area contributed by atoms with Gasteiger partial charge in [-0.1, -0.05) is 11.6 Å². The molecular weight excluding hydrogens is 286 g/mol. The van der Waals surface area contributed by atoms with E-state index < -0.39 is 0 Å². The van der Waals surface area contributed by atoms with Gasteiger partial charge >= 0.3 is 0 Å². The largest absolute Gasteiger partial charge is 0.497 e. The van der Waals surface area contributed by atoms with Crippen LogP contribution in [0.5, 0.6) is 5.75 Å². The van der Waals surface area contributed by atoms with Gasteiger partial charge in [0.2, 0.25) is 0 Å². The summed E-state index contributed by atoms with van der Waals surface area (Å²) in [5.74, 6) is 1.58. The molecule has 0 atom stereocenters. The molecule has 0 saturated heterocycles. The number of nitrogens with two attached hydrogens (primary N) is 1. The van der Waals surface area contributed by atoms with Crippen LogP contribution in [-0.4, -0.2) is 16.7 Å². The van der Waals surface area contributed by atoms with E-state index in [0.717, 1.165) is 34.7 Å². The number of halogens is 1. The van der Waals surface area contributed by atoms with Crippen molar-refractivity contribution in [2.75, 3.05) is 12.8 Å². The van der Waals surface area contributed by atoms with Crippen molar-refractivity contribution in [3.63, 3.8) is 0 Å². The van der Waals surface area contributed by atoms with E-state index in [1.54, 1.807) is 7.11 Å². The molecule has 0 saturated carbocycles. The van der Waals surface area contributed by atoms with Crippen LogP contribution in [0.4, 0.5) is 5.69 Å². The van der Waals surface area contributed by atoms with Gasteiger partial charge in [0.1, 0.15) is 11.6 Å². The fraction of sp³-hybridized carbons (Fsp3) is 0.188. The number of benzene rings is 2. The number of ether oxygens (including phenoxy) is 1. The number of fused-ring (bicyclic) bond motifs is 1. The number of rotatable bonds is 3. The zero-order valence-electron chi connectivity index (χ0n) is 11.9. The predicted octanol–water partition coefficient (Wildman–Crippen LogP) is 3.97. The van der Waals surface area contributed by atoms with Crippen LogP contribution in [0.3, 0.4) is 0 Å². The third kappa shape index (κ3) is 2.32. The minimum Gasteiger partial charge on any atom is -0.497 e. The first-order chi connectivity index (χ1) is 10.1. The minimum atomic E-state index is 0.644. The smallest absolute Gasteiger partial charge is 0.143 e. The molecule has 4 nitrogen and oxygen atoms in total. The van der Waals surface area contributed by atoms with Crippen molar-refractivity contribution >= 4 is 28.3 Å². The van der Waals surface area contributed by atoms with Crippen LogP contribution in [0.1, 0.15) is 6.92 Å². The second-order valence-corrected chi connectivity index (χ2v) is 5.20. The fourth-order valence-electron chi connectivity index (χ4n) is 2.49. The summed E-state index contributed by atoms with van der Waals surface area (Å²) in [6.45, 7) is 2.86. The highest BCUT2D eigenvalue weighted by molar-refractivity contribution is 6.31. The summed E-state index contributed by atoms with van der Waals surface area (Å²) in [6, 6.07) is 11.3. The lowest BCUT2D eigenvalue weighted by molar-refractivity contribution is 0.415. The number of nitrogen functional groups attached to an aromatic ring is 1. The second-order valence-electron chi connectivity index (χ2n) is 4.77. The molecule has 108 valence electrons. The lowest BCUT2D eigenvalue weighted by atomic mass is 10.1.